The Morgan fingerprint density at radius 3 is 2.41 bits per heavy atom. The zero-order valence-electron chi connectivity index (χ0n) is 27.5. The Morgan fingerprint density at radius 2 is 1.76 bits per heavy atom. The molecule has 3 amide bonds. The van der Waals surface area contributed by atoms with Gasteiger partial charge in [0.15, 0.2) is 6.10 Å². The van der Waals surface area contributed by atoms with Gasteiger partial charge in [0.1, 0.15) is 0 Å². The standard InChI is InChI=1S/C35H42BrF3N6O4/c1-42-19-24-17-23(42)20-45(24)22-6-10-43(11-7-22)32(47)29(16-21-14-26(35(37,38)39)31(40)27(36)15-21)49-33(48)44-12-8-34(9-13-44)18-30(46)41-28-5-3-2-4-25(28)34/h2-5,14-15,22-24,29H,6-13,16-20,40H2,1H3,(H,41,46)/t23?,24?,29-/m1/s1. The van der Waals surface area contributed by atoms with Gasteiger partial charge >= 0.3 is 12.3 Å². The molecule has 49 heavy (non-hydrogen) atoms. The quantitative estimate of drug-likeness (QED) is 0.421. The van der Waals surface area contributed by atoms with E-state index in [2.05, 4.69) is 38.1 Å². The number of carbonyl (C=O) groups is 3. The number of para-hydroxylation sites is 1. The highest BCUT2D eigenvalue weighted by Crippen LogP contribution is 2.45. The predicted octanol–water partition coefficient (Wildman–Crippen LogP) is 4.85. The van der Waals surface area contributed by atoms with Crippen molar-refractivity contribution in [1.82, 2.24) is 19.6 Å². The lowest BCUT2D eigenvalue weighted by atomic mass is 9.68. The molecule has 2 unspecified atom stereocenters. The first-order valence-corrected chi connectivity index (χ1v) is 17.9. The fourth-order valence-electron chi connectivity index (χ4n) is 8.80. The molecule has 14 heteroatoms. The molecule has 10 nitrogen and oxygen atoms in total. The van der Waals surface area contributed by atoms with E-state index in [9.17, 15) is 27.6 Å². The molecular weight excluding hydrogens is 705 g/mol. The number of nitrogen functional groups attached to an aromatic ring is 1. The molecule has 5 aliphatic rings. The Bertz CT molecular complexity index is 1620. The SMILES string of the molecule is CN1CC2CC1CN2C1CCN(C(=O)[C@@H](Cc2cc(Br)c(N)c(C(F)(F)F)c2)OC(=O)N2CCC3(CC2)CC(=O)Nc2ccccc23)CC1. The van der Waals surface area contributed by atoms with Crippen molar-refractivity contribution in [3.8, 4) is 0 Å². The first-order chi connectivity index (χ1) is 23.3. The van der Waals surface area contributed by atoms with E-state index in [1.807, 2.05) is 24.3 Å². The number of piperazine rings is 1. The number of likely N-dealkylation sites (tertiary alicyclic amines) is 4. The second-order valence-corrected chi connectivity index (χ2v) is 15.2. The number of nitrogens with two attached hydrogens (primary N) is 1. The average Bonchev–Trinajstić information content (AvgIpc) is 3.65. The van der Waals surface area contributed by atoms with Gasteiger partial charge in [-0.05, 0) is 84.4 Å². The van der Waals surface area contributed by atoms with E-state index in [1.54, 1.807) is 4.90 Å². The third-order valence-corrected chi connectivity index (χ3v) is 12.1. The van der Waals surface area contributed by atoms with Crippen LogP contribution in [0.4, 0.5) is 29.3 Å². The van der Waals surface area contributed by atoms with Gasteiger partial charge in [-0.15, -0.1) is 0 Å². The smallest absolute Gasteiger partial charge is 0.418 e. The van der Waals surface area contributed by atoms with Crippen LogP contribution in [-0.4, -0.2) is 108 Å². The lowest BCUT2D eigenvalue weighted by molar-refractivity contribution is -0.142. The molecule has 3 atom stereocenters. The van der Waals surface area contributed by atoms with Crippen LogP contribution in [0, 0.1) is 0 Å². The number of fused-ring (bicyclic) bond motifs is 4. The highest BCUT2D eigenvalue weighted by atomic mass is 79.9. The van der Waals surface area contributed by atoms with Crippen LogP contribution < -0.4 is 11.1 Å². The number of rotatable bonds is 5. The molecule has 4 saturated heterocycles. The van der Waals surface area contributed by atoms with Crippen LogP contribution in [0.15, 0.2) is 40.9 Å². The minimum absolute atomic E-state index is 0.0550. The van der Waals surface area contributed by atoms with Gasteiger partial charge in [0.05, 0.1) is 11.3 Å². The molecule has 264 valence electrons. The summed E-state index contributed by atoms with van der Waals surface area (Å²) in [6.07, 6.45) is -2.84. The first kappa shape index (κ1) is 34.1. The minimum Gasteiger partial charge on any atom is -0.436 e. The second-order valence-electron chi connectivity index (χ2n) is 14.4. The van der Waals surface area contributed by atoms with Crippen LogP contribution in [0.5, 0.6) is 0 Å². The van der Waals surface area contributed by atoms with E-state index < -0.39 is 40.9 Å². The van der Waals surface area contributed by atoms with Crippen LogP contribution in [0.2, 0.25) is 0 Å². The molecular formula is C35H42BrF3N6O4. The summed E-state index contributed by atoms with van der Waals surface area (Å²) in [5.74, 6) is -0.482. The van der Waals surface area contributed by atoms with E-state index in [0.29, 0.717) is 63.6 Å². The molecule has 1 spiro atoms. The number of amides is 3. The van der Waals surface area contributed by atoms with Crippen molar-refractivity contribution in [2.45, 2.75) is 80.8 Å². The number of halogens is 4. The van der Waals surface area contributed by atoms with Gasteiger partial charge in [-0.25, -0.2) is 4.79 Å². The third-order valence-electron chi connectivity index (χ3n) is 11.5. The minimum atomic E-state index is -4.71. The molecule has 7 rings (SSSR count). The molecule has 2 bridgehead atoms. The fraction of sp³-hybridized carbons (Fsp3) is 0.571. The highest BCUT2D eigenvalue weighted by Gasteiger charge is 2.46. The van der Waals surface area contributed by atoms with Gasteiger partial charge in [0.25, 0.3) is 5.91 Å². The number of benzene rings is 2. The zero-order valence-corrected chi connectivity index (χ0v) is 29.1. The summed E-state index contributed by atoms with van der Waals surface area (Å²) in [5, 5.41) is 2.93. The van der Waals surface area contributed by atoms with E-state index in [0.717, 1.165) is 43.2 Å². The normalized spacial score (nSPS) is 25.0. The molecule has 0 saturated carbocycles. The molecule has 3 N–H and O–H groups in total. The Kier molecular flexibility index (Phi) is 9.10. The third kappa shape index (κ3) is 6.63. The number of anilines is 2. The van der Waals surface area contributed by atoms with Crippen molar-refractivity contribution in [1.29, 1.82) is 0 Å². The van der Waals surface area contributed by atoms with E-state index in [1.165, 1.54) is 17.4 Å². The van der Waals surface area contributed by atoms with Crippen molar-refractivity contribution in [2.75, 3.05) is 57.4 Å². The summed E-state index contributed by atoms with van der Waals surface area (Å²) in [5.41, 5.74) is 5.88. The molecule has 5 heterocycles. The number of ether oxygens (including phenoxy) is 1. The monoisotopic (exact) mass is 746 g/mol. The maximum absolute atomic E-state index is 14.1. The average molecular weight is 748 g/mol. The predicted molar refractivity (Wildman–Crippen MR) is 181 cm³/mol. The second kappa shape index (κ2) is 13.1. The summed E-state index contributed by atoms with van der Waals surface area (Å²) in [7, 11) is 2.16. The van der Waals surface area contributed by atoms with E-state index in [4.69, 9.17) is 10.5 Å². The lowest BCUT2D eigenvalue weighted by Crippen LogP contribution is -2.55. The molecule has 0 radical (unpaired) electrons. The number of nitrogens with one attached hydrogen (secondary N) is 1. The van der Waals surface area contributed by atoms with Gasteiger partial charge in [-0.2, -0.15) is 13.2 Å². The van der Waals surface area contributed by atoms with Crippen LogP contribution >= 0.6 is 15.9 Å². The topological polar surface area (TPSA) is 111 Å². The fourth-order valence-corrected chi connectivity index (χ4v) is 9.30. The van der Waals surface area contributed by atoms with Crippen molar-refractivity contribution < 1.29 is 32.3 Å². The van der Waals surface area contributed by atoms with Crippen molar-refractivity contribution >= 4 is 45.2 Å². The van der Waals surface area contributed by atoms with Crippen molar-refractivity contribution in [3.63, 3.8) is 0 Å². The molecule has 0 aliphatic carbocycles. The van der Waals surface area contributed by atoms with Crippen LogP contribution in [-0.2, 0) is 32.3 Å². The van der Waals surface area contributed by atoms with Gasteiger partial charge in [0.2, 0.25) is 5.91 Å². The molecule has 5 aliphatic heterocycles. The van der Waals surface area contributed by atoms with E-state index in [-0.39, 0.29) is 22.4 Å². The van der Waals surface area contributed by atoms with Crippen LogP contribution in [0.25, 0.3) is 0 Å². The Balaban J connectivity index is 1.06. The van der Waals surface area contributed by atoms with E-state index >= 15 is 0 Å². The van der Waals surface area contributed by atoms with Crippen LogP contribution in [0.1, 0.15) is 55.2 Å². The number of hydrogen-bond donors (Lipinski definition) is 2. The zero-order chi connectivity index (χ0) is 34.7. The van der Waals surface area contributed by atoms with Crippen LogP contribution in [0.3, 0.4) is 0 Å². The number of carbonyl (C=O) groups excluding carboxylic acids is 3. The maximum Gasteiger partial charge on any atom is 0.418 e. The summed E-state index contributed by atoms with van der Waals surface area (Å²) in [4.78, 5) is 48.5. The van der Waals surface area contributed by atoms with Gasteiger partial charge < -0.3 is 30.5 Å². The number of alkyl halides is 3. The number of hydrogen-bond acceptors (Lipinski definition) is 7. The molecule has 0 aromatic heterocycles. The molecule has 4 fully saturated rings. The Hall–Kier alpha value is -3.36. The first-order valence-electron chi connectivity index (χ1n) is 17.1. The Morgan fingerprint density at radius 1 is 1.04 bits per heavy atom. The van der Waals surface area contributed by atoms with Crippen molar-refractivity contribution in [3.05, 3.63) is 57.6 Å². The van der Waals surface area contributed by atoms with Gasteiger partial charge in [-0.1, -0.05) is 18.2 Å². The number of piperidine rings is 2. The number of nitrogens with zero attached hydrogens (tertiary/aromatic N) is 4. The lowest BCUT2D eigenvalue weighted by Gasteiger charge is -2.44. The van der Waals surface area contributed by atoms with Gasteiger partial charge in [0, 0.05) is 85.8 Å². The number of likely N-dealkylation sites (N-methyl/N-ethyl adjacent to an activating group) is 1. The maximum atomic E-state index is 14.1. The van der Waals surface area contributed by atoms with Crippen molar-refractivity contribution in [2.24, 2.45) is 0 Å². The largest absolute Gasteiger partial charge is 0.436 e. The summed E-state index contributed by atoms with van der Waals surface area (Å²) >= 11 is 3.14. The summed E-state index contributed by atoms with van der Waals surface area (Å²) < 4.78 is 47.6. The molecule has 2 aromatic carbocycles. The summed E-state index contributed by atoms with van der Waals surface area (Å²) in [6, 6.07) is 11.5. The van der Waals surface area contributed by atoms with Gasteiger partial charge in [-0.3, -0.25) is 14.5 Å². The highest BCUT2D eigenvalue weighted by molar-refractivity contribution is 9.10. The summed E-state index contributed by atoms with van der Waals surface area (Å²) in [6.45, 7) is 3.66. The Labute approximate surface area is 292 Å². The molecule has 2 aromatic rings.